The predicted octanol–water partition coefficient (Wildman–Crippen LogP) is 3.51. The number of carbonyl (C=O) groups is 2. The van der Waals surface area contributed by atoms with Gasteiger partial charge in [0.25, 0.3) is 0 Å². The Kier molecular flexibility index (Phi) is 6.55. The lowest BCUT2D eigenvalue weighted by atomic mass is 9.92. The lowest BCUT2D eigenvalue weighted by Gasteiger charge is -2.27. The van der Waals surface area contributed by atoms with Crippen molar-refractivity contribution in [3.8, 4) is 0 Å². The van der Waals surface area contributed by atoms with E-state index in [1.807, 2.05) is 30.6 Å². The minimum Gasteiger partial charge on any atom is -0.341 e. The number of carbonyl (C=O) groups excluding carboxylic acids is 2. The standard InChI is InChI=1S/C22H35N3O2/c1-15-13-16(2)18(4)19(17(15)3)14-20(26)24-9-8-10-25(12-11-24)21(27)23-22(5,6)7/h13H,8-12,14H2,1-7H3,(H,23,27). The van der Waals surface area contributed by atoms with E-state index in [0.717, 1.165) is 12.0 Å². The van der Waals surface area contributed by atoms with Gasteiger partial charge < -0.3 is 15.1 Å². The number of rotatable bonds is 2. The Labute approximate surface area is 164 Å². The van der Waals surface area contributed by atoms with Gasteiger partial charge in [0.15, 0.2) is 0 Å². The van der Waals surface area contributed by atoms with Gasteiger partial charge in [-0.3, -0.25) is 4.79 Å². The van der Waals surface area contributed by atoms with Crippen molar-refractivity contribution in [2.24, 2.45) is 0 Å². The summed E-state index contributed by atoms with van der Waals surface area (Å²) in [6, 6.07) is 2.15. The van der Waals surface area contributed by atoms with Crippen molar-refractivity contribution >= 4 is 11.9 Å². The van der Waals surface area contributed by atoms with Gasteiger partial charge in [-0.2, -0.15) is 0 Å². The van der Waals surface area contributed by atoms with Crippen LogP contribution >= 0.6 is 0 Å². The maximum absolute atomic E-state index is 13.0. The molecule has 3 amide bonds. The van der Waals surface area contributed by atoms with Crippen molar-refractivity contribution < 1.29 is 9.59 Å². The van der Waals surface area contributed by atoms with Crippen LogP contribution < -0.4 is 5.32 Å². The Hall–Kier alpha value is -2.04. The third-order valence-corrected chi connectivity index (χ3v) is 5.47. The molecule has 0 bridgehead atoms. The molecule has 1 fully saturated rings. The minimum atomic E-state index is -0.253. The predicted molar refractivity (Wildman–Crippen MR) is 110 cm³/mol. The average molecular weight is 374 g/mol. The lowest BCUT2D eigenvalue weighted by Crippen LogP contribution is -2.49. The van der Waals surface area contributed by atoms with Crippen LogP contribution in [0.5, 0.6) is 0 Å². The second-order valence-corrected chi connectivity index (χ2v) is 8.82. The molecule has 1 aliphatic heterocycles. The van der Waals surface area contributed by atoms with Crippen molar-refractivity contribution in [3.05, 3.63) is 33.9 Å². The Balaban J connectivity index is 2.04. The van der Waals surface area contributed by atoms with Crippen molar-refractivity contribution in [1.29, 1.82) is 0 Å². The van der Waals surface area contributed by atoms with E-state index in [9.17, 15) is 9.59 Å². The van der Waals surface area contributed by atoms with Gasteiger partial charge in [0.05, 0.1) is 6.42 Å². The maximum atomic E-state index is 13.0. The van der Waals surface area contributed by atoms with Crippen molar-refractivity contribution in [1.82, 2.24) is 15.1 Å². The molecule has 1 N–H and O–H groups in total. The molecule has 5 heteroatoms. The summed E-state index contributed by atoms with van der Waals surface area (Å²) in [5, 5.41) is 3.01. The van der Waals surface area contributed by atoms with Gasteiger partial charge in [-0.1, -0.05) is 6.07 Å². The first-order valence-corrected chi connectivity index (χ1v) is 9.90. The summed E-state index contributed by atoms with van der Waals surface area (Å²) in [7, 11) is 0. The summed E-state index contributed by atoms with van der Waals surface area (Å²) >= 11 is 0. The molecule has 0 radical (unpaired) electrons. The Morgan fingerprint density at radius 2 is 1.44 bits per heavy atom. The summed E-state index contributed by atoms with van der Waals surface area (Å²) in [6.07, 6.45) is 1.25. The van der Waals surface area contributed by atoms with Crippen molar-refractivity contribution in [3.63, 3.8) is 0 Å². The summed E-state index contributed by atoms with van der Waals surface area (Å²) < 4.78 is 0. The van der Waals surface area contributed by atoms with Crippen LogP contribution in [0.2, 0.25) is 0 Å². The first kappa shape index (κ1) is 21.3. The molecule has 0 unspecified atom stereocenters. The molecule has 0 aliphatic carbocycles. The zero-order valence-electron chi connectivity index (χ0n) is 18.0. The number of hydrogen-bond donors (Lipinski definition) is 1. The Morgan fingerprint density at radius 1 is 0.926 bits per heavy atom. The van der Waals surface area contributed by atoms with Gasteiger partial charge in [0, 0.05) is 31.7 Å². The molecule has 0 atom stereocenters. The van der Waals surface area contributed by atoms with Crippen molar-refractivity contribution in [2.75, 3.05) is 26.2 Å². The lowest BCUT2D eigenvalue weighted by molar-refractivity contribution is -0.130. The van der Waals surface area contributed by atoms with Crippen molar-refractivity contribution in [2.45, 2.75) is 66.8 Å². The zero-order chi connectivity index (χ0) is 20.4. The number of benzene rings is 1. The van der Waals surface area contributed by atoms with Crippen LogP contribution in [-0.4, -0.2) is 53.5 Å². The number of urea groups is 1. The molecule has 27 heavy (non-hydrogen) atoms. The van der Waals surface area contributed by atoms with E-state index in [4.69, 9.17) is 0 Å². The molecule has 1 aromatic carbocycles. The highest BCUT2D eigenvalue weighted by Crippen LogP contribution is 2.23. The number of nitrogens with zero attached hydrogens (tertiary/aromatic N) is 2. The molecular weight excluding hydrogens is 338 g/mol. The molecule has 2 rings (SSSR count). The number of nitrogens with one attached hydrogen (secondary N) is 1. The van der Waals surface area contributed by atoms with E-state index < -0.39 is 0 Å². The van der Waals surface area contributed by atoms with Crippen LogP contribution in [0.3, 0.4) is 0 Å². The Bertz CT molecular complexity index is 693. The van der Waals surface area contributed by atoms with Gasteiger partial charge in [0.2, 0.25) is 5.91 Å². The number of hydrogen-bond acceptors (Lipinski definition) is 2. The summed E-state index contributed by atoms with van der Waals surface area (Å²) in [5.74, 6) is 0.157. The normalized spacial score (nSPS) is 15.5. The van der Waals surface area contributed by atoms with E-state index >= 15 is 0 Å². The fraction of sp³-hybridized carbons (Fsp3) is 0.636. The molecule has 1 aromatic rings. The zero-order valence-corrected chi connectivity index (χ0v) is 18.0. The van der Waals surface area contributed by atoms with Gasteiger partial charge in [-0.25, -0.2) is 4.79 Å². The first-order chi connectivity index (χ1) is 12.5. The SMILES string of the molecule is Cc1cc(C)c(C)c(CC(=O)N2CCCN(C(=O)NC(C)(C)C)CC2)c1C. The Morgan fingerprint density at radius 3 is 2.00 bits per heavy atom. The smallest absolute Gasteiger partial charge is 0.317 e. The molecule has 0 saturated carbocycles. The van der Waals surface area contributed by atoms with Crippen LogP contribution in [0.15, 0.2) is 6.07 Å². The van der Waals surface area contributed by atoms with Crippen LogP contribution in [0, 0.1) is 27.7 Å². The molecule has 1 saturated heterocycles. The molecule has 150 valence electrons. The monoisotopic (exact) mass is 373 g/mol. The minimum absolute atomic E-state index is 0.0437. The van der Waals surface area contributed by atoms with E-state index in [1.54, 1.807) is 0 Å². The fourth-order valence-corrected chi connectivity index (χ4v) is 3.60. The molecule has 0 spiro atoms. The molecule has 0 aromatic heterocycles. The second-order valence-electron chi connectivity index (χ2n) is 8.82. The quantitative estimate of drug-likeness (QED) is 0.862. The number of aryl methyl sites for hydroxylation is 2. The third-order valence-electron chi connectivity index (χ3n) is 5.47. The van der Waals surface area contributed by atoms with Gasteiger partial charge >= 0.3 is 6.03 Å². The van der Waals surface area contributed by atoms with Gasteiger partial charge in [-0.05, 0) is 82.7 Å². The van der Waals surface area contributed by atoms with E-state index in [0.29, 0.717) is 32.6 Å². The van der Waals surface area contributed by atoms with Gasteiger partial charge in [-0.15, -0.1) is 0 Å². The van der Waals surface area contributed by atoms with Crippen LogP contribution in [0.1, 0.15) is 55.0 Å². The van der Waals surface area contributed by atoms with E-state index in [2.05, 4.69) is 39.1 Å². The van der Waals surface area contributed by atoms with E-state index in [-0.39, 0.29) is 17.5 Å². The topological polar surface area (TPSA) is 52.7 Å². The van der Waals surface area contributed by atoms with E-state index in [1.165, 1.54) is 22.3 Å². The first-order valence-electron chi connectivity index (χ1n) is 9.90. The van der Waals surface area contributed by atoms with Crippen LogP contribution in [0.4, 0.5) is 4.79 Å². The molecule has 1 aliphatic rings. The second kappa shape index (κ2) is 8.32. The number of amides is 3. The summed E-state index contributed by atoms with van der Waals surface area (Å²) in [4.78, 5) is 29.1. The molecule has 5 nitrogen and oxygen atoms in total. The maximum Gasteiger partial charge on any atom is 0.317 e. The summed E-state index contributed by atoms with van der Waals surface area (Å²) in [6.45, 7) is 16.9. The highest BCUT2D eigenvalue weighted by molar-refractivity contribution is 5.80. The van der Waals surface area contributed by atoms with Crippen LogP contribution in [0.25, 0.3) is 0 Å². The molecule has 1 heterocycles. The van der Waals surface area contributed by atoms with Gasteiger partial charge in [0.1, 0.15) is 0 Å². The highest BCUT2D eigenvalue weighted by Gasteiger charge is 2.25. The summed E-state index contributed by atoms with van der Waals surface area (Å²) in [5.41, 5.74) is 5.81. The third kappa shape index (κ3) is 5.47. The highest BCUT2D eigenvalue weighted by atomic mass is 16.2. The average Bonchev–Trinajstić information content (AvgIpc) is 2.81. The van der Waals surface area contributed by atoms with Crippen LogP contribution in [-0.2, 0) is 11.2 Å². The molecular formula is C22H35N3O2. The fourth-order valence-electron chi connectivity index (χ4n) is 3.60. The largest absolute Gasteiger partial charge is 0.341 e.